The molecule has 1 aliphatic rings. The molecule has 0 bridgehead atoms. The monoisotopic (exact) mass is 229 g/mol. The second-order valence-corrected chi connectivity index (χ2v) is 4.01. The van der Waals surface area contributed by atoms with E-state index < -0.39 is 5.41 Å². The predicted molar refractivity (Wildman–Crippen MR) is 58.6 cm³/mol. The summed E-state index contributed by atoms with van der Waals surface area (Å²) in [4.78, 5) is 22.8. The van der Waals surface area contributed by atoms with Gasteiger partial charge in [0, 0.05) is 20.2 Å². The topological polar surface area (TPSA) is 93.5 Å². The molecular formula is C10H19N3O3. The standard InChI is InChI=1S/C10H19N3O3/c1-16-5-4-12-8(14)6-13-9(15)10(7-11)2-3-10/h2-7,11H2,1H3,(H,12,14)(H,13,15). The SMILES string of the molecule is COCCNC(=O)CNC(=O)C1(CN)CC1. The lowest BCUT2D eigenvalue weighted by Gasteiger charge is -2.12. The van der Waals surface area contributed by atoms with Gasteiger partial charge in [0.2, 0.25) is 11.8 Å². The number of nitrogens with two attached hydrogens (primary N) is 1. The van der Waals surface area contributed by atoms with Gasteiger partial charge in [-0.1, -0.05) is 0 Å². The number of hydrogen-bond donors (Lipinski definition) is 3. The molecule has 0 radical (unpaired) electrons. The van der Waals surface area contributed by atoms with Crippen LogP contribution in [0.4, 0.5) is 0 Å². The van der Waals surface area contributed by atoms with Gasteiger partial charge in [0.15, 0.2) is 0 Å². The number of ether oxygens (including phenoxy) is 1. The van der Waals surface area contributed by atoms with E-state index in [4.69, 9.17) is 10.5 Å². The maximum atomic E-state index is 11.6. The average molecular weight is 229 g/mol. The van der Waals surface area contributed by atoms with Crippen molar-refractivity contribution < 1.29 is 14.3 Å². The molecular weight excluding hydrogens is 210 g/mol. The van der Waals surface area contributed by atoms with Crippen LogP contribution in [0.15, 0.2) is 0 Å². The summed E-state index contributed by atoms with van der Waals surface area (Å²) < 4.78 is 4.78. The molecule has 1 rings (SSSR count). The van der Waals surface area contributed by atoms with E-state index in [0.29, 0.717) is 19.7 Å². The zero-order chi connectivity index (χ0) is 12.0. The molecule has 4 N–H and O–H groups in total. The summed E-state index contributed by atoms with van der Waals surface area (Å²) in [5, 5.41) is 5.21. The van der Waals surface area contributed by atoms with Gasteiger partial charge in [0.1, 0.15) is 0 Å². The molecule has 1 aliphatic carbocycles. The van der Waals surface area contributed by atoms with E-state index in [1.54, 1.807) is 7.11 Å². The van der Waals surface area contributed by atoms with Crippen molar-refractivity contribution in [3.05, 3.63) is 0 Å². The summed E-state index contributed by atoms with van der Waals surface area (Å²) in [6.45, 7) is 1.27. The molecule has 0 aromatic heterocycles. The first-order valence-corrected chi connectivity index (χ1v) is 5.38. The van der Waals surface area contributed by atoms with Gasteiger partial charge in [-0.05, 0) is 12.8 Å². The highest BCUT2D eigenvalue weighted by Gasteiger charge is 2.48. The van der Waals surface area contributed by atoms with E-state index in [1.807, 2.05) is 0 Å². The Bertz CT molecular complexity index is 264. The summed E-state index contributed by atoms with van der Waals surface area (Å²) in [5.41, 5.74) is 5.10. The van der Waals surface area contributed by atoms with Gasteiger partial charge in [-0.3, -0.25) is 9.59 Å². The van der Waals surface area contributed by atoms with E-state index in [2.05, 4.69) is 10.6 Å². The fourth-order valence-corrected chi connectivity index (χ4v) is 1.38. The first-order chi connectivity index (χ1) is 7.64. The Morgan fingerprint density at radius 1 is 1.38 bits per heavy atom. The second kappa shape index (κ2) is 5.81. The van der Waals surface area contributed by atoms with Crippen molar-refractivity contribution in [2.75, 3.05) is 33.4 Å². The lowest BCUT2D eigenvalue weighted by atomic mass is 10.1. The summed E-state index contributed by atoms with van der Waals surface area (Å²) >= 11 is 0. The number of carbonyl (C=O) groups is 2. The van der Waals surface area contributed by atoms with Crippen LogP contribution in [0.5, 0.6) is 0 Å². The van der Waals surface area contributed by atoms with Crippen molar-refractivity contribution in [1.29, 1.82) is 0 Å². The molecule has 16 heavy (non-hydrogen) atoms. The molecule has 2 amide bonds. The average Bonchev–Trinajstić information content (AvgIpc) is 3.07. The predicted octanol–water partition coefficient (Wildman–Crippen LogP) is -1.40. The minimum absolute atomic E-state index is 0.00426. The first kappa shape index (κ1) is 12.9. The number of nitrogens with one attached hydrogen (secondary N) is 2. The van der Waals surface area contributed by atoms with Crippen LogP contribution < -0.4 is 16.4 Å². The van der Waals surface area contributed by atoms with Gasteiger partial charge in [-0.25, -0.2) is 0 Å². The fraction of sp³-hybridized carbons (Fsp3) is 0.800. The van der Waals surface area contributed by atoms with E-state index >= 15 is 0 Å². The molecule has 0 atom stereocenters. The number of carbonyl (C=O) groups excluding carboxylic acids is 2. The lowest BCUT2D eigenvalue weighted by Crippen LogP contribution is -2.42. The molecule has 1 fully saturated rings. The van der Waals surface area contributed by atoms with Crippen molar-refractivity contribution in [3.63, 3.8) is 0 Å². The summed E-state index contributed by atoms with van der Waals surface area (Å²) in [6.07, 6.45) is 1.64. The highest BCUT2D eigenvalue weighted by molar-refractivity contribution is 5.89. The number of rotatable bonds is 7. The van der Waals surface area contributed by atoms with Crippen molar-refractivity contribution in [2.45, 2.75) is 12.8 Å². The largest absolute Gasteiger partial charge is 0.383 e. The second-order valence-electron chi connectivity index (χ2n) is 4.01. The van der Waals surface area contributed by atoms with Gasteiger partial charge >= 0.3 is 0 Å². The van der Waals surface area contributed by atoms with Crippen LogP contribution in [0, 0.1) is 5.41 Å². The van der Waals surface area contributed by atoms with Gasteiger partial charge < -0.3 is 21.1 Å². The normalized spacial score (nSPS) is 16.6. The Hall–Kier alpha value is -1.14. The number of hydrogen-bond acceptors (Lipinski definition) is 4. The molecule has 92 valence electrons. The zero-order valence-corrected chi connectivity index (χ0v) is 9.54. The van der Waals surface area contributed by atoms with Crippen molar-refractivity contribution in [3.8, 4) is 0 Å². The summed E-state index contributed by atoms with van der Waals surface area (Å²) in [5.74, 6) is -0.324. The van der Waals surface area contributed by atoms with Crippen LogP contribution >= 0.6 is 0 Å². The molecule has 0 spiro atoms. The van der Waals surface area contributed by atoms with Crippen molar-refractivity contribution in [2.24, 2.45) is 11.1 Å². The molecule has 0 unspecified atom stereocenters. The Labute approximate surface area is 94.9 Å². The van der Waals surface area contributed by atoms with Crippen LogP contribution in [0.25, 0.3) is 0 Å². The smallest absolute Gasteiger partial charge is 0.239 e. The Morgan fingerprint density at radius 2 is 2.06 bits per heavy atom. The van der Waals surface area contributed by atoms with Gasteiger partial charge in [0.25, 0.3) is 0 Å². The van der Waals surface area contributed by atoms with Crippen molar-refractivity contribution in [1.82, 2.24) is 10.6 Å². The van der Waals surface area contributed by atoms with Gasteiger partial charge in [0.05, 0.1) is 18.6 Å². The summed E-state index contributed by atoms with van der Waals surface area (Å²) in [7, 11) is 1.56. The quantitative estimate of drug-likeness (QED) is 0.468. The molecule has 0 aromatic carbocycles. The molecule has 0 aliphatic heterocycles. The van der Waals surface area contributed by atoms with Crippen LogP contribution in [0.3, 0.4) is 0 Å². The maximum absolute atomic E-state index is 11.6. The Balaban J connectivity index is 2.14. The van der Waals surface area contributed by atoms with Gasteiger partial charge in [-0.15, -0.1) is 0 Å². The molecule has 6 heteroatoms. The minimum Gasteiger partial charge on any atom is -0.383 e. The number of methoxy groups -OCH3 is 1. The Morgan fingerprint density at radius 3 is 2.56 bits per heavy atom. The molecule has 0 heterocycles. The number of amides is 2. The third-order valence-electron chi connectivity index (χ3n) is 2.76. The molecule has 1 saturated carbocycles. The van der Waals surface area contributed by atoms with Crippen LogP contribution in [0.2, 0.25) is 0 Å². The van der Waals surface area contributed by atoms with Gasteiger partial charge in [-0.2, -0.15) is 0 Å². The van der Waals surface area contributed by atoms with E-state index in [-0.39, 0.29) is 18.4 Å². The van der Waals surface area contributed by atoms with Crippen LogP contribution in [-0.2, 0) is 14.3 Å². The highest BCUT2D eigenvalue weighted by atomic mass is 16.5. The van der Waals surface area contributed by atoms with Crippen LogP contribution in [-0.4, -0.2) is 45.2 Å². The highest BCUT2D eigenvalue weighted by Crippen LogP contribution is 2.44. The third-order valence-corrected chi connectivity index (χ3v) is 2.76. The van der Waals surface area contributed by atoms with Crippen molar-refractivity contribution >= 4 is 11.8 Å². The summed E-state index contributed by atoms with van der Waals surface area (Å²) in [6, 6.07) is 0. The minimum atomic E-state index is -0.396. The van der Waals surface area contributed by atoms with Crippen LogP contribution in [0.1, 0.15) is 12.8 Å². The lowest BCUT2D eigenvalue weighted by molar-refractivity contribution is -0.129. The zero-order valence-electron chi connectivity index (χ0n) is 9.54. The van der Waals surface area contributed by atoms with E-state index in [1.165, 1.54) is 0 Å². The molecule has 0 saturated heterocycles. The molecule has 0 aromatic rings. The van der Waals surface area contributed by atoms with E-state index in [0.717, 1.165) is 12.8 Å². The van der Waals surface area contributed by atoms with E-state index in [9.17, 15) is 9.59 Å². The fourth-order valence-electron chi connectivity index (χ4n) is 1.38. The first-order valence-electron chi connectivity index (χ1n) is 5.38. The molecule has 6 nitrogen and oxygen atoms in total. The third kappa shape index (κ3) is 3.46. The maximum Gasteiger partial charge on any atom is 0.239 e. The Kier molecular flexibility index (Phi) is 4.70.